The fraction of sp³-hybridized carbons (Fsp3) is 0.462. The Morgan fingerprint density at radius 1 is 1.31 bits per heavy atom. The van der Waals surface area contributed by atoms with Gasteiger partial charge in [0.15, 0.2) is 0 Å². The van der Waals surface area contributed by atoms with E-state index in [1.165, 1.54) is 10.9 Å². The average Bonchev–Trinajstić information content (AvgIpc) is 2.58. The van der Waals surface area contributed by atoms with Crippen molar-refractivity contribution in [1.29, 1.82) is 0 Å². The smallest absolute Gasteiger partial charge is 0.0841 e. The van der Waals surface area contributed by atoms with Gasteiger partial charge in [-0.3, -0.25) is 4.68 Å². The first-order valence-electron chi connectivity index (χ1n) is 5.81. The number of hydrogen-bond acceptors (Lipinski definition) is 2. The van der Waals surface area contributed by atoms with Crippen LogP contribution in [0.4, 0.5) is 0 Å². The second kappa shape index (κ2) is 4.66. The van der Waals surface area contributed by atoms with E-state index >= 15 is 0 Å². The van der Waals surface area contributed by atoms with Crippen molar-refractivity contribution in [1.82, 2.24) is 15.1 Å². The summed E-state index contributed by atoms with van der Waals surface area (Å²) in [6.45, 7) is 6.23. The van der Waals surface area contributed by atoms with Crippen LogP contribution in [0.15, 0.2) is 24.3 Å². The number of nitrogens with zero attached hydrogens (tertiary/aromatic N) is 2. The molecule has 0 aliphatic heterocycles. The van der Waals surface area contributed by atoms with Crippen molar-refractivity contribution in [3.63, 3.8) is 0 Å². The Labute approximate surface area is 96.5 Å². The molecule has 0 unspecified atom stereocenters. The zero-order valence-electron chi connectivity index (χ0n) is 10.2. The quantitative estimate of drug-likeness (QED) is 0.852. The Balaban J connectivity index is 2.48. The van der Waals surface area contributed by atoms with Crippen LogP contribution in [0, 0.1) is 5.92 Å². The highest BCUT2D eigenvalue weighted by Crippen LogP contribution is 2.19. The molecule has 1 aromatic heterocycles. The fourth-order valence-electron chi connectivity index (χ4n) is 1.98. The normalized spacial score (nSPS) is 11.5. The summed E-state index contributed by atoms with van der Waals surface area (Å²) in [5, 5.41) is 9.10. The Morgan fingerprint density at radius 3 is 2.75 bits per heavy atom. The molecule has 0 saturated heterocycles. The minimum atomic E-state index is 0.616. The highest BCUT2D eigenvalue weighted by atomic mass is 15.3. The summed E-state index contributed by atoms with van der Waals surface area (Å²) < 4.78 is 2.12. The molecule has 0 amide bonds. The van der Waals surface area contributed by atoms with Gasteiger partial charge in [-0.1, -0.05) is 32.0 Å². The molecule has 1 heterocycles. The topological polar surface area (TPSA) is 29.9 Å². The summed E-state index contributed by atoms with van der Waals surface area (Å²) in [4.78, 5) is 0. The molecule has 2 rings (SSSR count). The van der Waals surface area contributed by atoms with Crippen LogP contribution in [0.3, 0.4) is 0 Å². The Kier molecular flexibility index (Phi) is 3.25. The summed E-state index contributed by atoms with van der Waals surface area (Å²) in [6, 6.07) is 8.43. The van der Waals surface area contributed by atoms with Crippen LogP contribution >= 0.6 is 0 Å². The average molecular weight is 217 g/mol. The number of benzene rings is 1. The van der Waals surface area contributed by atoms with Gasteiger partial charge in [0.25, 0.3) is 0 Å². The van der Waals surface area contributed by atoms with E-state index in [0.29, 0.717) is 5.92 Å². The Bertz CT molecular complexity index is 471. The predicted molar refractivity (Wildman–Crippen MR) is 67.3 cm³/mol. The number of rotatable bonds is 4. The molecule has 1 N–H and O–H groups in total. The largest absolute Gasteiger partial charge is 0.314 e. The maximum absolute atomic E-state index is 4.67. The zero-order chi connectivity index (χ0) is 11.5. The second-order valence-corrected chi connectivity index (χ2v) is 4.57. The molecule has 2 aromatic rings. The molecule has 16 heavy (non-hydrogen) atoms. The number of fused-ring (bicyclic) bond motifs is 1. The van der Waals surface area contributed by atoms with Crippen molar-refractivity contribution in [3.8, 4) is 0 Å². The van der Waals surface area contributed by atoms with Gasteiger partial charge < -0.3 is 5.32 Å². The maximum atomic E-state index is 4.67. The van der Waals surface area contributed by atoms with Crippen LogP contribution in [0.25, 0.3) is 10.9 Å². The molecular formula is C13H19N3. The van der Waals surface area contributed by atoms with Gasteiger partial charge in [-0.05, 0) is 19.0 Å². The van der Waals surface area contributed by atoms with Gasteiger partial charge in [0.2, 0.25) is 0 Å². The summed E-state index contributed by atoms with van der Waals surface area (Å²) in [7, 11) is 1.95. The van der Waals surface area contributed by atoms with Gasteiger partial charge in [0.05, 0.1) is 11.2 Å². The van der Waals surface area contributed by atoms with E-state index in [2.05, 4.69) is 53.2 Å². The summed E-state index contributed by atoms with van der Waals surface area (Å²) in [5.41, 5.74) is 2.38. The number of hydrogen-bond donors (Lipinski definition) is 1. The molecular weight excluding hydrogens is 198 g/mol. The van der Waals surface area contributed by atoms with Crippen molar-refractivity contribution >= 4 is 10.9 Å². The predicted octanol–water partition coefficient (Wildman–Crippen LogP) is 2.41. The first-order chi connectivity index (χ1) is 7.72. The zero-order valence-corrected chi connectivity index (χ0v) is 10.2. The highest BCUT2D eigenvalue weighted by molar-refractivity contribution is 5.81. The van der Waals surface area contributed by atoms with Crippen LogP contribution in [-0.2, 0) is 13.1 Å². The molecule has 0 radical (unpaired) electrons. The molecule has 3 heteroatoms. The third-order valence-corrected chi connectivity index (χ3v) is 2.62. The van der Waals surface area contributed by atoms with E-state index in [4.69, 9.17) is 0 Å². The lowest BCUT2D eigenvalue weighted by Gasteiger charge is -2.05. The van der Waals surface area contributed by atoms with Crippen LogP contribution in [0.5, 0.6) is 0 Å². The molecule has 0 spiro atoms. The molecule has 86 valence electrons. The van der Waals surface area contributed by atoms with E-state index in [0.717, 1.165) is 18.8 Å². The minimum Gasteiger partial charge on any atom is -0.314 e. The lowest BCUT2D eigenvalue weighted by atomic mass is 10.2. The number of para-hydroxylation sites is 1. The maximum Gasteiger partial charge on any atom is 0.0841 e. The minimum absolute atomic E-state index is 0.616. The third-order valence-electron chi connectivity index (χ3n) is 2.62. The molecule has 0 bridgehead atoms. The highest BCUT2D eigenvalue weighted by Gasteiger charge is 2.09. The molecule has 0 aliphatic carbocycles. The summed E-state index contributed by atoms with van der Waals surface area (Å²) in [6.07, 6.45) is 0. The Morgan fingerprint density at radius 2 is 2.06 bits per heavy atom. The van der Waals surface area contributed by atoms with Crippen molar-refractivity contribution in [3.05, 3.63) is 30.0 Å². The van der Waals surface area contributed by atoms with E-state index in [1.54, 1.807) is 0 Å². The van der Waals surface area contributed by atoms with Crippen LogP contribution in [-0.4, -0.2) is 16.8 Å². The van der Waals surface area contributed by atoms with Crippen molar-refractivity contribution in [2.75, 3.05) is 7.05 Å². The summed E-state index contributed by atoms with van der Waals surface area (Å²) >= 11 is 0. The van der Waals surface area contributed by atoms with Crippen LogP contribution in [0.2, 0.25) is 0 Å². The monoisotopic (exact) mass is 217 g/mol. The first-order valence-corrected chi connectivity index (χ1v) is 5.81. The first kappa shape index (κ1) is 11.1. The van der Waals surface area contributed by atoms with Crippen molar-refractivity contribution in [2.24, 2.45) is 5.92 Å². The lowest BCUT2D eigenvalue weighted by molar-refractivity contribution is 0.490. The fourth-order valence-corrected chi connectivity index (χ4v) is 1.98. The van der Waals surface area contributed by atoms with Gasteiger partial charge in [-0.15, -0.1) is 0 Å². The number of nitrogens with one attached hydrogen (secondary N) is 1. The lowest BCUT2D eigenvalue weighted by Crippen LogP contribution is -2.09. The molecule has 0 atom stereocenters. The van der Waals surface area contributed by atoms with Crippen molar-refractivity contribution in [2.45, 2.75) is 26.9 Å². The summed E-state index contributed by atoms with van der Waals surface area (Å²) in [5.74, 6) is 0.616. The Hall–Kier alpha value is -1.35. The molecule has 0 aliphatic rings. The van der Waals surface area contributed by atoms with E-state index in [1.807, 2.05) is 7.05 Å². The standard InChI is InChI=1S/C13H19N3/c1-10(2)9-16-13-7-5-4-6-11(13)12(15-16)8-14-3/h4-7,10,14H,8-9H2,1-3H3. The van der Waals surface area contributed by atoms with Gasteiger partial charge in [0.1, 0.15) is 0 Å². The van der Waals surface area contributed by atoms with Crippen LogP contribution < -0.4 is 5.32 Å². The molecule has 3 nitrogen and oxygen atoms in total. The molecule has 1 aromatic carbocycles. The van der Waals surface area contributed by atoms with Gasteiger partial charge >= 0.3 is 0 Å². The van der Waals surface area contributed by atoms with Gasteiger partial charge in [0, 0.05) is 18.5 Å². The SMILES string of the molecule is CNCc1nn(CC(C)C)c2ccccc12. The van der Waals surface area contributed by atoms with Crippen LogP contribution in [0.1, 0.15) is 19.5 Å². The van der Waals surface area contributed by atoms with Gasteiger partial charge in [-0.2, -0.15) is 5.10 Å². The molecule has 0 saturated carbocycles. The van der Waals surface area contributed by atoms with E-state index in [-0.39, 0.29) is 0 Å². The second-order valence-electron chi connectivity index (χ2n) is 4.57. The molecule has 0 fully saturated rings. The third kappa shape index (κ3) is 2.09. The van der Waals surface area contributed by atoms with E-state index < -0.39 is 0 Å². The van der Waals surface area contributed by atoms with Gasteiger partial charge in [-0.25, -0.2) is 0 Å². The van der Waals surface area contributed by atoms with Crippen molar-refractivity contribution < 1.29 is 0 Å². The van der Waals surface area contributed by atoms with E-state index in [9.17, 15) is 0 Å². The number of aromatic nitrogens is 2.